The van der Waals surface area contributed by atoms with E-state index in [2.05, 4.69) is 115 Å². The highest BCUT2D eigenvalue weighted by molar-refractivity contribution is 6.18. The van der Waals surface area contributed by atoms with Crippen molar-refractivity contribution >= 4 is 54.4 Å². The summed E-state index contributed by atoms with van der Waals surface area (Å²) >= 11 is 0. The maximum absolute atomic E-state index is 6.16. The number of para-hydroxylation sites is 1. The molecular weight excluding hydrogens is 601 g/mol. The monoisotopic (exact) mass is 626 g/mol. The number of hydrogen-bond donors (Lipinski definition) is 0. The van der Waals surface area contributed by atoms with Gasteiger partial charge in [0.2, 0.25) is 0 Å². The molecule has 0 radical (unpaired) electrons. The Bertz CT molecular complexity index is 2890. The van der Waals surface area contributed by atoms with E-state index in [1.54, 1.807) is 6.20 Å². The van der Waals surface area contributed by atoms with E-state index < -0.39 is 0 Å². The molecule has 0 aliphatic carbocycles. The molecule has 10 aromatic rings. The molecular formula is C44H26N4O. The van der Waals surface area contributed by atoms with Crippen molar-refractivity contribution in [1.29, 1.82) is 0 Å². The first-order valence-corrected chi connectivity index (χ1v) is 16.3. The van der Waals surface area contributed by atoms with Gasteiger partial charge in [0.25, 0.3) is 0 Å². The van der Waals surface area contributed by atoms with Crippen molar-refractivity contribution in [3.63, 3.8) is 0 Å². The van der Waals surface area contributed by atoms with E-state index in [4.69, 9.17) is 24.4 Å². The van der Waals surface area contributed by atoms with Crippen molar-refractivity contribution in [1.82, 2.24) is 19.9 Å². The minimum Gasteiger partial charge on any atom is -0.454 e. The van der Waals surface area contributed by atoms with Crippen molar-refractivity contribution < 1.29 is 4.42 Å². The largest absolute Gasteiger partial charge is 0.454 e. The lowest BCUT2D eigenvalue weighted by Crippen LogP contribution is -2.00. The third-order valence-corrected chi connectivity index (χ3v) is 9.32. The van der Waals surface area contributed by atoms with Gasteiger partial charge in [-0.05, 0) is 75.1 Å². The maximum Gasteiger partial charge on any atom is 0.164 e. The second kappa shape index (κ2) is 10.9. The normalized spacial score (nSPS) is 11.7. The molecule has 0 saturated carbocycles. The number of aromatic nitrogens is 4. The highest BCUT2D eigenvalue weighted by atomic mass is 16.3. The molecule has 228 valence electrons. The van der Waals surface area contributed by atoms with E-state index in [1.807, 2.05) is 36.4 Å². The Morgan fingerprint density at radius 1 is 0.367 bits per heavy atom. The molecule has 5 nitrogen and oxygen atoms in total. The molecule has 0 bridgehead atoms. The molecule has 0 saturated heterocycles. The summed E-state index contributed by atoms with van der Waals surface area (Å²) in [6, 6.07) is 52.5. The zero-order valence-corrected chi connectivity index (χ0v) is 26.2. The van der Waals surface area contributed by atoms with E-state index in [1.165, 1.54) is 16.5 Å². The average Bonchev–Trinajstić information content (AvgIpc) is 3.56. The average molecular weight is 627 g/mol. The zero-order chi connectivity index (χ0) is 32.3. The highest BCUT2D eigenvalue weighted by Gasteiger charge is 2.16. The van der Waals surface area contributed by atoms with Crippen LogP contribution < -0.4 is 0 Å². The topological polar surface area (TPSA) is 64.7 Å². The third kappa shape index (κ3) is 4.71. The zero-order valence-electron chi connectivity index (χ0n) is 26.2. The van der Waals surface area contributed by atoms with Gasteiger partial charge in [-0.2, -0.15) is 0 Å². The molecule has 0 aliphatic rings. The van der Waals surface area contributed by atoms with Crippen LogP contribution in [0, 0.1) is 0 Å². The number of fused-ring (bicyclic) bond motifs is 7. The van der Waals surface area contributed by atoms with E-state index in [-0.39, 0.29) is 0 Å². The van der Waals surface area contributed by atoms with Gasteiger partial charge in [0.1, 0.15) is 5.58 Å². The lowest BCUT2D eigenvalue weighted by molar-refractivity contribution is 0.667. The smallest absolute Gasteiger partial charge is 0.164 e. The Hall–Kier alpha value is -6.72. The van der Waals surface area contributed by atoms with Gasteiger partial charge in [-0.3, -0.25) is 4.98 Å². The summed E-state index contributed by atoms with van der Waals surface area (Å²) in [4.78, 5) is 20.0. The van der Waals surface area contributed by atoms with Crippen LogP contribution in [0.25, 0.3) is 99.7 Å². The fraction of sp³-hybridized carbons (Fsp3) is 0. The molecule has 49 heavy (non-hydrogen) atoms. The summed E-state index contributed by atoms with van der Waals surface area (Å²) in [5, 5.41) is 7.67. The standard InChI is InChI=1S/C44H26N4O/c1-2-8-27(9-3-1)31-17-14-29-16-19-33(24-35(29)23-31)43-46-42(32-18-15-28-10-4-5-11-30(28)22-32)47-44(48-43)34-20-21-38-37(25-34)41-36-12-6-7-13-39(36)49-40(41)26-45-38/h1-26H. The quantitative estimate of drug-likeness (QED) is 0.194. The molecule has 0 N–H and O–H groups in total. The van der Waals surface area contributed by atoms with E-state index in [0.717, 1.165) is 65.7 Å². The highest BCUT2D eigenvalue weighted by Crippen LogP contribution is 2.36. The van der Waals surface area contributed by atoms with Crippen LogP contribution in [0.3, 0.4) is 0 Å². The predicted octanol–water partition coefficient (Wildman–Crippen LogP) is 11.3. The second-order valence-corrected chi connectivity index (χ2v) is 12.3. The molecule has 3 aromatic heterocycles. The fourth-order valence-electron chi connectivity index (χ4n) is 6.84. The molecule has 0 unspecified atom stereocenters. The fourth-order valence-corrected chi connectivity index (χ4v) is 6.84. The van der Waals surface area contributed by atoms with Crippen LogP contribution in [-0.2, 0) is 0 Å². The Labute approximate surface area is 281 Å². The number of benzene rings is 7. The molecule has 0 amide bonds. The van der Waals surface area contributed by atoms with Crippen LogP contribution in [0.5, 0.6) is 0 Å². The first kappa shape index (κ1) is 27.4. The van der Waals surface area contributed by atoms with E-state index in [9.17, 15) is 0 Å². The van der Waals surface area contributed by atoms with Gasteiger partial charge in [0.15, 0.2) is 23.1 Å². The second-order valence-electron chi connectivity index (χ2n) is 12.3. The number of pyridine rings is 1. The van der Waals surface area contributed by atoms with Gasteiger partial charge in [0, 0.05) is 32.8 Å². The van der Waals surface area contributed by atoms with Crippen LogP contribution in [0.1, 0.15) is 0 Å². The maximum atomic E-state index is 6.16. The lowest BCUT2D eigenvalue weighted by atomic mass is 9.99. The van der Waals surface area contributed by atoms with Gasteiger partial charge in [-0.15, -0.1) is 0 Å². The van der Waals surface area contributed by atoms with Crippen molar-refractivity contribution in [3.8, 4) is 45.3 Å². The first-order chi connectivity index (χ1) is 24.2. The minimum atomic E-state index is 0.595. The molecule has 0 spiro atoms. The Morgan fingerprint density at radius 2 is 0.939 bits per heavy atom. The summed E-state index contributed by atoms with van der Waals surface area (Å²) < 4.78 is 6.16. The lowest BCUT2D eigenvalue weighted by Gasteiger charge is -2.11. The molecule has 3 heterocycles. The van der Waals surface area contributed by atoms with Gasteiger partial charge in [0.05, 0.1) is 11.7 Å². The summed E-state index contributed by atoms with van der Waals surface area (Å²) in [6.07, 6.45) is 1.80. The molecule has 0 aliphatic heterocycles. The van der Waals surface area contributed by atoms with E-state index in [0.29, 0.717) is 17.5 Å². The van der Waals surface area contributed by atoms with Crippen molar-refractivity contribution in [2.24, 2.45) is 0 Å². The summed E-state index contributed by atoms with van der Waals surface area (Å²) in [5.41, 5.74) is 7.56. The SMILES string of the molecule is c1ccc(-c2ccc3ccc(-c4nc(-c5ccc6ccccc6c5)nc(-c5ccc6ncc7oc8ccccc8c7c6c5)n4)cc3c2)cc1. The molecule has 0 fully saturated rings. The Balaban J connectivity index is 1.18. The molecule has 7 aromatic carbocycles. The predicted molar refractivity (Wildman–Crippen MR) is 199 cm³/mol. The molecule has 10 rings (SSSR count). The number of nitrogens with zero attached hydrogens (tertiary/aromatic N) is 4. The third-order valence-electron chi connectivity index (χ3n) is 9.32. The van der Waals surface area contributed by atoms with Crippen molar-refractivity contribution in [2.45, 2.75) is 0 Å². The van der Waals surface area contributed by atoms with Crippen molar-refractivity contribution in [3.05, 3.63) is 158 Å². The summed E-state index contributed by atoms with van der Waals surface area (Å²) in [5.74, 6) is 1.83. The van der Waals surface area contributed by atoms with Crippen LogP contribution in [0.2, 0.25) is 0 Å². The summed E-state index contributed by atoms with van der Waals surface area (Å²) in [6.45, 7) is 0. The summed E-state index contributed by atoms with van der Waals surface area (Å²) in [7, 11) is 0. The number of furan rings is 1. The van der Waals surface area contributed by atoms with Crippen LogP contribution in [0.15, 0.2) is 162 Å². The first-order valence-electron chi connectivity index (χ1n) is 16.3. The van der Waals surface area contributed by atoms with Crippen molar-refractivity contribution in [2.75, 3.05) is 0 Å². The van der Waals surface area contributed by atoms with Gasteiger partial charge in [-0.25, -0.2) is 15.0 Å². The Morgan fingerprint density at radius 3 is 1.71 bits per heavy atom. The van der Waals surface area contributed by atoms with Gasteiger partial charge in [-0.1, -0.05) is 109 Å². The van der Waals surface area contributed by atoms with Gasteiger partial charge >= 0.3 is 0 Å². The van der Waals surface area contributed by atoms with Gasteiger partial charge < -0.3 is 4.42 Å². The number of rotatable bonds is 4. The molecule has 5 heteroatoms. The number of hydrogen-bond acceptors (Lipinski definition) is 5. The molecule has 0 atom stereocenters. The van der Waals surface area contributed by atoms with Crippen LogP contribution in [0.4, 0.5) is 0 Å². The Kier molecular flexibility index (Phi) is 6.11. The van der Waals surface area contributed by atoms with Crippen LogP contribution in [-0.4, -0.2) is 19.9 Å². The van der Waals surface area contributed by atoms with E-state index >= 15 is 0 Å². The van der Waals surface area contributed by atoms with Crippen LogP contribution >= 0.6 is 0 Å². The minimum absolute atomic E-state index is 0.595.